The third-order valence-electron chi connectivity index (χ3n) is 6.79. The molecule has 6 nitrogen and oxygen atoms in total. The summed E-state index contributed by atoms with van der Waals surface area (Å²) in [7, 11) is 1.70. The van der Waals surface area contributed by atoms with Crippen molar-refractivity contribution in [3.05, 3.63) is 59.7 Å². The monoisotopic (exact) mass is 478 g/mol. The first-order valence-electron chi connectivity index (χ1n) is 12.9. The van der Waals surface area contributed by atoms with Crippen LogP contribution in [0.5, 0.6) is 17.2 Å². The van der Waals surface area contributed by atoms with Gasteiger partial charge in [0.2, 0.25) is 12.7 Å². The third kappa shape index (κ3) is 7.49. The van der Waals surface area contributed by atoms with Crippen LogP contribution in [-0.4, -0.2) is 50.4 Å². The molecule has 1 aliphatic carbocycles. The maximum absolute atomic E-state index is 13.1. The van der Waals surface area contributed by atoms with Gasteiger partial charge in [-0.2, -0.15) is 0 Å². The Morgan fingerprint density at radius 2 is 1.91 bits per heavy atom. The number of methoxy groups -OCH3 is 1. The smallest absolute Gasteiger partial charge is 0.231 e. The third-order valence-corrected chi connectivity index (χ3v) is 6.79. The number of amides is 1. The van der Waals surface area contributed by atoms with Crippen LogP contribution in [0, 0.1) is 0 Å². The first-order valence-corrected chi connectivity index (χ1v) is 12.9. The van der Waals surface area contributed by atoms with E-state index in [1.54, 1.807) is 7.11 Å². The molecule has 1 fully saturated rings. The molecule has 2 aromatic rings. The molecule has 0 radical (unpaired) electrons. The summed E-state index contributed by atoms with van der Waals surface area (Å²) in [5, 5.41) is 3.55. The molecule has 0 unspecified atom stereocenters. The quantitative estimate of drug-likeness (QED) is 0.401. The summed E-state index contributed by atoms with van der Waals surface area (Å²) in [4.78, 5) is 15.2. The van der Waals surface area contributed by atoms with Gasteiger partial charge in [0.05, 0.1) is 7.11 Å². The van der Waals surface area contributed by atoms with Gasteiger partial charge in [0.25, 0.3) is 0 Å². The summed E-state index contributed by atoms with van der Waals surface area (Å²) in [5.74, 6) is 2.69. The van der Waals surface area contributed by atoms with Crippen LogP contribution in [0.2, 0.25) is 0 Å². The van der Waals surface area contributed by atoms with E-state index in [0.29, 0.717) is 12.5 Å². The fourth-order valence-corrected chi connectivity index (χ4v) is 4.90. The molecule has 1 heterocycles. The van der Waals surface area contributed by atoms with Gasteiger partial charge in [0.15, 0.2) is 11.5 Å². The molecule has 0 atom stereocenters. The van der Waals surface area contributed by atoms with Crippen LogP contribution >= 0.6 is 0 Å². The Bertz CT molecular complexity index is 984. The van der Waals surface area contributed by atoms with Gasteiger partial charge < -0.3 is 24.4 Å². The molecule has 35 heavy (non-hydrogen) atoms. The largest absolute Gasteiger partial charge is 0.497 e. The van der Waals surface area contributed by atoms with Gasteiger partial charge in [0, 0.05) is 19.0 Å². The van der Waals surface area contributed by atoms with E-state index in [-0.39, 0.29) is 12.7 Å². The van der Waals surface area contributed by atoms with Crippen molar-refractivity contribution in [2.45, 2.75) is 57.4 Å². The molecule has 1 saturated carbocycles. The second-order valence-corrected chi connectivity index (χ2v) is 9.30. The van der Waals surface area contributed by atoms with Crippen molar-refractivity contribution >= 4 is 12.0 Å². The highest BCUT2D eigenvalue weighted by Gasteiger charge is 2.25. The molecule has 188 valence electrons. The average Bonchev–Trinajstić information content (AvgIpc) is 3.58. The first-order chi connectivity index (χ1) is 17.2. The topological polar surface area (TPSA) is 60.0 Å². The van der Waals surface area contributed by atoms with Crippen molar-refractivity contribution in [3.63, 3.8) is 0 Å². The second-order valence-electron chi connectivity index (χ2n) is 9.30. The van der Waals surface area contributed by atoms with E-state index in [1.165, 1.54) is 18.4 Å². The van der Waals surface area contributed by atoms with E-state index in [0.717, 1.165) is 74.6 Å². The highest BCUT2D eigenvalue weighted by atomic mass is 16.7. The highest BCUT2D eigenvalue weighted by molar-refractivity contribution is 5.79. The molecule has 4 rings (SSSR count). The summed E-state index contributed by atoms with van der Waals surface area (Å²) in [5.41, 5.74) is 2.32. The van der Waals surface area contributed by atoms with E-state index in [4.69, 9.17) is 14.2 Å². The van der Waals surface area contributed by atoms with Crippen molar-refractivity contribution in [2.24, 2.45) is 0 Å². The molecule has 0 spiro atoms. The summed E-state index contributed by atoms with van der Waals surface area (Å²) in [6.45, 7) is 3.01. The Kier molecular flexibility index (Phi) is 9.47. The molecule has 1 N–H and O–H groups in total. The van der Waals surface area contributed by atoms with Crippen LogP contribution in [0.3, 0.4) is 0 Å². The summed E-state index contributed by atoms with van der Waals surface area (Å²) in [6, 6.07) is 14.5. The molecular weight excluding hydrogens is 440 g/mol. The van der Waals surface area contributed by atoms with Crippen LogP contribution < -0.4 is 19.5 Å². The number of nitrogens with zero attached hydrogens (tertiary/aromatic N) is 1. The van der Waals surface area contributed by atoms with Crippen molar-refractivity contribution in [2.75, 3.05) is 33.5 Å². The molecule has 1 aliphatic heterocycles. The molecule has 1 amide bonds. The number of rotatable bonds is 13. The molecule has 0 saturated heterocycles. The number of carbonyl (C=O) groups excluding carboxylic acids is 1. The molecule has 2 aromatic carbocycles. The van der Waals surface area contributed by atoms with Crippen molar-refractivity contribution in [3.8, 4) is 17.2 Å². The first kappa shape index (κ1) is 25.1. The van der Waals surface area contributed by atoms with Gasteiger partial charge in [0.1, 0.15) is 5.75 Å². The Morgan fingerprint density at radius 1 is 1.09 bits per heavy atom. The lowest BCUT2D eigenvalue weighted by Gasteiger charge is -2.29. The van der Waals surface area contributed by atoms with E-state index in [1.807, 2.05) is 42.5 Å². The van der Waals surface area contributed by atoms with Crippen LogP contribution in [0.4, 0.5) is 0 Å². The predicted molar refractivity (Wildman–Crippen MR) is 139 cm³/mol. The van der Waals surface area contributed by atoms with Crippen LogP contribution in [0.25, 0.3) is 6.08 Å². The molecule has 0 bridgehead atoms. The van der Waals surface area contributed by atoms with Gasteiger partial charge in [-0.1, -0.05) is 43.2 Å². The summed E-state index contributed by atoms with van der Waals surface area (Å²) >= 11 is 0. The normalized spacial score (nSPS) is 15.1. The van der Waals surface area contributed by atoms with Gasteiger partial charge in [-0.25, -0.2) is 0 Å². The van der Waals surface area contributed by atoms with Gasteiger partial charge in [-0.3, -0.25) is 4.79 Å². The molecular formula is C29H38N2O4. The van der Waals surface area contributed by atoms with Crippen molar-refractivity contribution in [1.82, 2.24) is 10.2 Å². The Hall–Kier alpha value is -2.99. The standard InChI is InChI=1S/C29H38N2O4/c1-33-26-13-4-8-23(20-26)10-6-17-30-18-7-19-31(25-11-2-3-12-25)29(32)14-5-9-24-15-16-27-28(21-24)35-22-34-27/h4-5,8-9,13,15-16,20-21,25,30H,2-3,6-7,10-12,14,17-19,22H2,1H3/b9-5+. The maximum Gasteiger partial charge on any atom is 0.231 e. The van der Waals surface area contributed by atoms with Crippen LogP contribution in [-0.2, 0) is 11.2 Å². The minimum absolute atomic E-state index is 0.229. The highest BCUT2D eigenvalue weighted by Crippen LogP contribution is 2.33. The summed E-state index contributed by atoms with van der Waals surface area (Å²) in [6.07, 6.45) is 12.2. The Balaban J connectivity index is 1.18. The zero-order valence-electron chi connectivity index (χ0n) is 20.8. The van der Waals surface area contributed by atoms with Gasteiger partial charge in [-0.05, 0) is 80.6 Å². The van der Waals surface area contributed by atoms with E-state index in [2.05, 4.69) is 22.3 Å². The fraction of sp³-hybridized carbons (Fsp3) is 0.483. The molecule has 6 heteroatoms. The minimum Gasteiger partial charge on any atom is -0.497 e. The number of nitrogens with one attached hydrogen (secondary N) is 1. The maximum atomic E-state index is 13.1. The van der Waals surface area contributed by atoms with Crippen molar-refractivity contribution in [1.29, 1.82) is 0 Å². The number of benzene rings is 2. The number of aryl methyl sites for hydroxylation is 1. The number of ether oxygens (including phenoxy) is 3. The fourth-order valence-electron chi connectivity index (χ4n) is 4.90. The Morgan fingerprint density at radius 3 is 2.77 bits per heavy atom. The van der Waals surface area contributed by atoms with E-state index >= 15 is 0 Å². The lowest BCUT2D eigenvalue weighted by atomic mass is 10.1. The molecule has 2 aliphatic rings. The minimum atomic E-state index is 0.229. The summed E-state index contributed by atoms with van der Waals surface area (Å²) < 4.78 is 16.1. The lowest BCUT2D eigenvalue weighted by Crippen LogP contribution is -2.40. The molecule has 0 aromatic heterocycles. The zero-order valence-corrected chi connectivity index (χ0v) is 20.8. The Labute approximate surface area is 209 Å². The van der Waals surface area contributed by atoms with Crippen molar-refractivity contribution < 1.29 is 19.0 Å². The van der Waals surface area contributed by atoms with Crippen LogP contribution in [0.1, 0.15) is 56.1 Å². The van der Waals surface area contributed by atoms with Gasteiger partial charge in [-0.15, -0.1) is 0 Å². The lowest BCUT2D eigenvalue weighted by molar-refractivity contribution is -0.132. The number of carbonyl (C=O) groups is 1. The van der Waals surface area contributed by atoms with E-state index in [9.17, 15) is 4.79 Å². The SMILES string of the molecule is COc1cccc(CCCNCCCN(C(=O)C/C=C/c2ccc3c(c2)OCO3)C2CCCC2)c1. The number of hydrogen-bond donors (Lipinski definition) is 1. The van der Waals surface area contributed by atoms with Gasteiger partial charge >= 0.3 is 0 Å². The van der Waals surface area contributed by atoms with E-state index < -0.39 is 0 Å². The predicted octanol–water partition coefficient (Wildman–Crippen LogP) is 5.21. The average molecular weight is 479 g/mol. The second kappa shape index (κ2) is 13.2. The number of fused-ring (bicyclic) bond motifs is 1. The van der Waals surface area contributed by atoms with Crippen LogP contribution in [0.15, 0.2) is 48.5 Å². The number of hydrogen-bond acceptors (Lipinski definition) is 5. The zero-order chi connectivity index (χ0) is 24.3.